The third-order valence-corrected chi connectivity index (χ3v) is 4.23. The van der Waals surface area contributed by atoms with Crippen LogP contribution < -0.4 is 10.2 Å². The summed E-state index contributed by atoms with van der Waals surface area (Å²) in [5, 5.41) is 2.81. The van der Waals surface area contributed by atoms with Crippen molar-refractivity contribution in [3.05, 3.63) is 42.0 Å². The van der Waals surface area contributed by atoms with Gasteiger partial charge in [0.05, 0.1) is 18.1 Å². The van der Waals surface area contributed by atoms with Gasteiger partial charge in [0.15, 0.2) is 5.76 Å². The van der Waals surface area contributed by atoms with Crippen molar-refractivity contribution in [1.82, 2.24) is 4.98 Å². The molecule has 0 saturated carbocycles. The van der Waals surface area contributed by atoms with E-state index < -0.39 is 0 Å². The van der Waals surface area contributed by atoms with Gasteiger partial charge >= 0.3 is 0 Å². The maximum absolute atomic E-state index is 12.3. The maximum atomic E-state index is 12.3. The molecule has 23 heavy (non-hydrogen) atoms. The van der Waals surface area contributed by atoms with Crippen LogP contribution in [0.1, 0.15) is 55.1 Å². The Labute approximate surface area is 136 Å². The summed E-state index contributed by atoms with van der Waals surface area (Å²) >= 11 is 0. The van der Waals surface area contributed by atoms with Crippen molar-refractivity contribution >= 4 is 17.4 Å². The molecule has 3 rings (SSSR count). The lowest BCUT2D eigenvalue weighted by molar-refractivity contribution is 0.0994. The summed E-state index contributed by atoms with van der Waals surface area (Å²) in [4.78, 5) is 19.0. The molecule has 122 valence electrons. The summed E-state index contributed by atoms with van der Waals surface area (Å²) in [6, 6.07) is 5.70. The first-order valence-corrected chi connectivity index (χ1v) is 8.25. The van der Waals surface area contributed by atoms with Gasteiger partial charge in [0.25, 0.3) is 5.91 Å². The Hall–Kier alpha value is -2.30. The lowest BCUT2D eigenvalue weighted by atomic mass is 10.0. The molecule has 0 aromatic carbocycles. The highest BCUT2D eigenvalue weighted by molar-refractivity contribution is 6.02. The number of anilines is 2. The molecule has 3 heterocycles. The number of carbonyl (C=O) groups excluding carboxylic acids is 1. The third kappa shape index (κ3) is 3.55. The molecule has 1 amide bonds. The largest absolute Gasteiger partial charge is 0.459 e. The molecular weight excluding hydrogens is 290 g/mol. The second-order valence-electron chi connectivity index (χ2n) is 6.26. The SMILES string of the molecule is CC(C)c1ccoc1C(=O)Nc1ccc(N2CCCCC2)cn1. The molecule has 1 saturated heterocycles. The zero-order valence-electron chi connectivity index (χ0n) is 13.7. The van der Waals surface area contributed by atoms with E-state index in [0.717, 1.165) is 24.3 Å². The van der Waals surface area contributed by atoms with E-state index in [2.05, 4.69) is 15.2 Å². The van der Waals surface area contributed by atoms with Gasteiger partial charge in [0.1, 0.15) is 5.82 Å². The van der Waals surface area contributed by atoms with Crippen molar-refractivity contribution in [2.75, 3.05) is 23.3 Å². The Balaban J connectivity index is 1.68. The van der Waals surface area contributed by atoms with Crippen molar-refractivity contribution < 1.29 is 9.21 Å². The molecule has 1 fully saturated rings. The molecule has 5 heteroatoms. The van der Waals surface area contributed by atoms with Gasteiger partial charge < -0.3 is 14.6 Å². The third-order valence-electron chi connectivity index (χ3n) is 4.23. The standard InChI is InChI=1S/C18H23N3O2/c1-13(2)15-8-11-23-17(15)18(22)20-16-7-6-14(12-19-16)21-9-4-3-5-10-21/h6-8,11-13H,3-5,9-10H2,1-2H3,(H,19,20,22). The fourth-order valence-corrected chi connectivity index (χ4v) is 2.93. The number of nitrogens with one attached hydrogen (secondary N) is 1. The van der Waals surface area contributed by atoms with Crippen LogP contribution in [0, 0.1) is 0 Å². The number of carbonyl (C=O) groups is 1. The van der Waals surface area contributed by atoms with Crippen molar-refractivity contribution in [3.63, 3.8) is 0 Å². The Morgan fingerprint density at radius 3 is 2.65 bits per heavy atom. The summed E-state index contributed by atoms with van der Waals surface area (Å²) in [7, 11) is 0. The van der Waals surface area contributed by atoms with Gasteiger partial charge in [-0.1, -0.05) is 13.8 Å². The molecule has 0 bridgehead atoms. The zero-order valence-corrected chi connectivity index (χ0v) is 13.7. The summed E-state index contributed by atoms with van der Waals surface area (Å²) in [6.45, 7) is 6.23. The lowest BCUT2D eigenvalue weighted by Crippen LogP contribution is -2.29. The van der Waals surface area contributed by atoms with Gasteiger partial charge in [0.2, 0.25) is 0 Å². The smallest absolute Gasteiger partial charge is 0.292 e. The summed E-state index contributed by atoms with van der Waals surface area (Å²) < 4.78 is 5.33. The number of rotatable bonds is 4. The number of piperidine rings is 1. The minimum Gasteiger partial charge on any atom is -0.459 e. The number of nitrogens with zero attached hydrogens (tertiary/aromatic N) is 2. The average Bonchev–Trinajstić information content (AvgIpc) is 3.06. The minimum atomic E-state index is -0.253. The zero-order chi connectivity index (χ0) is 16.2. The molecule has 5 nitrogen and oxygen atoms in total. The average molecular weight is 313 g/mol. The summed E-state index contributed by atoms with van der Waals surface area (Å²) in [5.74, 6) is 0.893. The van der Waals surface area contributed by atoms with Gasteiger partial charge in [0, 0.05) is 18.7 Å². The van der Waals surface area contributed by atoms with Gasteiger partial charge in [-0.05, 0) is 43.4 Å². The molecule has 0 atom stereocenters. The number of amides is 1. The highest BCUT2D eigenvalue weighted by Gasteiger charge is 2.18. The predicted molar refractivity (Wildman–Crippen MR) is 91.1 cm³/mol. The maximum Gasteiger partial charge on any atom is 0.292 e. The summed E-state index contributed by atoms with van der Waals surface area (Å²) in [6.07, 6.45) is 7.15. The fraction of sp³-hybridized carbons (Fsp3) is 0.444. The van der Waals surface area contributed by atoms with Crippen LogP contribution in [0.4, 0.5) is 11.5 Å². The van der Waals surface area contributed by atoms with Crippen LogP contribution in [0.5, 0.6) is 0 Å². The van der Waals surface area contributed by atoms with E-state index in [1.807, 2.05) is 38.2 Å². The predicted octanol–water partition coefficient (Wildman–Crippen LogP) is 4.04. The molecule has 0 spiro atoms. The molecule has 1 aliphatic rings. The molecule has 1 N–H and O–H groups in total. The highest BCUT2D eigenvalue weighted by Crippen LogP contribution is 2.23. The Kier molecular flexibility index (Phi) is 4.65. The minimum absolute atomic E-state index is 0.240. The van der Waals surface area contributed by atoms with Crippen LogP contribution >= 0.6 is 0 Å². The fourth-order valence-electron chi connectivity index (χ4n) is 2.93. The van der Waals surface area contributed by atoms with E-state index in [4.69, 9.17) is 4.42 Å². The van der Waals surface area contributed by atoms with Crippen molar-refractivity contribution in [3.8, 4) is 0 Å². The van der Waals surface area contributed by atoms with E-state index in [-0.39, 0.29) is 11.8 Å². The van der Waals surface area contributed by atoms with Crippen LogP contribution in [-0.4, -0.2) is 24.0 Å². The first-order valence-electron chi connectivity index (χ1n) is 8.25. The Morgan fingerprint density at radius 1 is 1.22 bits per heavy atom. The number of furan rings is 1. The van der Waals surface area contributed by atoms with Crippen LogP contribution in [-0.2, 0) is 0 Å². The monoisotopic (exact) mass is 313 g/mol. The number of pyridine rings is 1. The van der Waals surface area contributed by atoms with Gasteiger partial charge in [-0.2, -0.15) is 0 Å². The second kappa shape index (κ2) is 6.86. The number of hydrogen-bond acceptors (Lipinski definition) is 4. The summed E-state index contributed by atoms with van der Waals surface area (Å²) in [5.41, 5.74) is 2.02. The first kappa shape index (κ1) is 15.6. The molecule has 0 unspecified atom stereocenters. The molecular formula is C18H23N3O2. The quantitative estimate of drug-likeness (QED) is 0.925. The van der Waals surface area contributed by atoms with Crippen LogP contribution in [0.2, 0.25) is 0 Å². The van der Waals surface area contributed by atoms with E-state index in [9.17, 15) is 4.79 Å². The number of aromatic nitrogens is 1. The van der Waals surface area contributed by atoms with E-state index >= 15 is 0 Å². The number of hydrogen-bond donors (Lipinski definition) is 1. The van der Waals surface area contributed by atoms with E-state index in [1.54, 1.807) is 6.26 Å². The van der Waals surface area contributed by atoms with E-state index in [0.29, 0.717) is 11.6 Å². The van der Waals surface area contributed by atoms with Gasteiger partial charge in [-0.25, -0.2) is 4.98 Å². The van der Waals surface area contributed by atoms with Crippen LogP contribution in [0.25, 0.3) is 0 Å². The molecule has 0 radical (unpaired) electrons. The van der Waals surface area contributed by atoms with Crippen molar-refractivity contribution in [1.29, 1.82) is 0 Å². The highest BCUT2D eigenvalue weighted by atomic mass is 16.3. The molecule has 0 aliphatic carbocycles. The second-order valence-corrected chi connectivity index (χ2v) is 6.26. The van der Waals surface area contributed by atoms with Gasteiger partial charge in [-0.3, -0.25) is 4.79 Å². The van der Waals surface area contributed by atoms with Crippen LogP contribution in [0.3, 0.4) is 0 Å². The first-order chi connectivity index (χ1) is 11.1. The van der Waals surface area contributed by atoms with Crippen molar-refractivity contribution in [2.24, 2.45) is 0 Å². The van der Waals surface area contributed by atoms with Gasteiger partial charge in [-0.15, -0.1) is 0 Å². The van der Waals surface area contributed by atoms with Crippen LogP contribution in [0.15, 0.2) is 35.1 Å². The topological polar surface area (TPSA) is 58.4 Å². The normalized spacial score (nSPS) is 15.0. The van der Waals surface area contributed by atoms with Crippen molar-refractivity contribution in [2.45, 2.75) is 39.0 Å². The Morgan fingerprint density at radius 2 is 2.00 bits per heavy atom. The molecule has 2 aromatic rings. The molecule has 2 aromatic heterocycles. The van der Waals surface area contributed by atoms with E-state index in [1.165, 1.54) is 19.3 Å². The molecule has 1 aliphatic heterocycles. The Bertz CT molecular complexity index is 655. The lowest BCUT2D eigenvalue weighted by Gasteiger charge is -2.28.